The van der Waals surface area contributed by atoms with Crippen molar-refractivity contribution in [2.75, 3.05) is 0 Å². The number of hydrogen-bond acceptors (Lipinski definition) is 2. The molecule has 4 aromatic carbocycles. The fourth-order valence-corrected chi connectivity index (χ4v) is 4.54. The first-order chi connectivity index (χ1) is 18.5. The molecular weight excluding hydrogens is 515 g/mol. The second-order valence-electron chi connectivity index (χ2n) is 9.18. The molecule has 1 atom stereocenters. The van der Waals surface area contributed by atoms with Crippen molar-refractivity contribution in [1.29, 1.82) is 0 Å². The van der Waals surface area contributed by atoms with Crippen LogP contribution in [0.25, 0.3) is 0 Å². The first-order valence-corrected chi connectivity index (χ1v) is 13.4. The van der Waals surface area contributed by atoms with Gasteiger partial charge in [0.05, 0.1) is 0 Å². The lowest BCUT2D eigenvalue weighted by Crippen LogP contribution is -2.50. The summed E-state index contributed by atoms with van der Waals surface area (Å²) in [6.07, 6.45) is 1.30. The summed E-state index contributed by atoms with van der Waals surface area (Å²) < 4.78 is 0. The highest BCUT2D eigenvalue weighted by Crippen LogP contribution is 2.19. The third-order valence-corrected chi connectivity index (χ3v) is 6.89. The summed E-state index contributed by atoms with van der Waals surface area (Å²) in [7, 11) is 0. The Labute approximate surface area is 234 Å². The molecule has 0 aliphatic carbocycles. The molecule has 0 saturated carbocycles. The molecule has 4 rings (SSSR count). The van der Waals surface area contributed by atoms with Crippen molar-refractivity contribution in [3.8, 4) is 0 Å². The molecule has 0 saturated heterocycles. The van der Waals surface area contributed by atoms with E-state index in [0.717, 1.165) is 22.3 Å². The van der Waals surface area contributed by atoms with Crippen molar-refractivity contribution in [3.63, 3.8) is 0 Å². The van der Waals surface area contributed by atoms with Crippen molar-refractivity contribution >= 4 is 35.0 Å². The molecule has 0 spiro atoms. The summed E-state index contributed by atoms with van der Waals surface area (Å²) in [5.74, 6) is -0.280. The fourth-order valence-electron chi connectivity index (χ4n) is 4.29. The minimum Gasteiger partial charge on any atom is -0.350 e. The van der Waals surface area contributed by atoms with E-state index >= 15 is 0 Å². The zero-order chi connectivity index (χ0) is 26.7. The number of nitrogens with zero attached hydrogens (tertiary/aromatic N) is 1. The molecule has 4 nitrogen and oxygen atoms in total. The minimum atomic E-state index is -0.691. The van der Waals surface area contributed by atoms with Crippen LogP contribution in [-0.2, 0) is 35.5 Å². The number of carbonyl (C=O) groups is 2. The second-order valence-corrected chi connectivity index (χ2v) is 10.1. The maximum Gasteiger partial charge on any atom is 0.243 e. The quantitative estimate of drug-likeness (QED) is 0.223. The van der Waals surface area contributed by atoms with E-state index in [9.17, 15) is 9.59 Å². The van der Waals surface area contributed by atoms with Crippen LogP contribution < -0.4 is 5.32 Å². The van der Waals surface area contributed by atoms with Crippen molar-refractivity contribution in [1.82, 2.24) is 10.2 Å². The number of aryl methyl sites for hydroxylation is 1. The van der Waals surface area contributed by atoms with E-state index in [-0.39, 0.29) is 11.8 Å². The van der Waals surface area contributed by atoms with Crippen molar-refractivity contribution in [3.05, 3.63) is 141 Å². The molecule has 4 aromatic rings. The summed E-state index contributed by atoms with van der Waals surface area (Å²) in [5.41, 5.74) is 3.90. The Bertz CT molecular complexity index is 1310. The number of amides is 2. The molecule has 6 heteroatoms. The van der Waals surface area contributed by atoms with Crippen LogP contribution in [0.3, 0.4) is 0 Å². The molecular formula is C32H30Cl2N2O2. The van der Waals surface area contributed by atoms with Gasteiger partial charge in [0.1, 0.15) is 6.04 Å². The first kappa shape index (κ1) is 27.4. The van der Waals surface area contributed by atoms with E-state index in [2.05, 4.69) is 5.32 Å². The fraction of sp³-hybridized carbons (Fsp3) is 0.188. The van der Waals surface area contributed by atoms with Gasteiger partial charge in [0.25, 0.3) is 0 Å². The van der Waals surface area contributed by atoms with Crippen LogP contribution in [0, 0.1) is 0 Å². The summed E-state index contributed by atoms with van der Waals surface area (Å²) in [4.78, 5) is 29.1. The van der Waals surface area contributed by atoms with Gasteiger partial charge in [-0.25, -0.2) is 0 Å². The Kier molecular flexibility index (Phi) is 9.97. The molecule has 0 fully saturated rings. The minimum absolute atomic E-state index is 0.0774. The molecule has 0 unspecified atom stereocenters. The van der Waals surface area contributed by atoms with Crippen molar-refractivity contribution in [2.24, 2.45) is 0 Å². The van der Waals surface area contributed by atoms with Gasteiger partial charge in [0.2, 0.25) is 11.8 Å². The summed E-state index contributed by atoms with van der Waals surface area (Å²) in [6.45, 7) is 0.644. The van der Waals surface area contributed by atoms with Gasteiger partial charge in [0, 0.05) is 36.0 Å². The molecule has 38 heavy (non-hydrogen) atoms. The molecule has 2 amide bonds. The highest BCUT2D eigenvalue weighted by Gasteiger charge is 2.30. The van der Waals surface area contributed by atoms with Crippen molar-refractivity contribution in [2.45, 2.75) is 38.4 Å². The van der Waals surface area contributed by atoms with Crippen LogP contribution in [0.1, 0.15) is 28.7 Å². The zero-order valence-corrected chi connectivity index (χ0v) is 22.5. The predicted molar refractivity (Wildman–Crippen MR) is 154 cm³/mol. The first-order valence-electron chi connectivity index (χ1n) is 12.6. The van der Waals surface area contributed by atoms with E-state index in [0.29, 0.717) is 42.4 Å². The van der Waals surface area contributed by atoms with E-state index in [1.807, 2.05) is 84.9 Å². The highest BCUT2D eigenvalue weighted by atomic mass is 35.5. The molecule has 0 heterocycles. The molecule has 0 aliphatic heterocycles. The second kappa shape index (κ2) is 13.8. The average molecular weight is 546 g/mol. The average Bonchev–Trinajstić information content (AvgIpc) is 2.95. The van der Waals surface area contributed by atoms with Gasteiger partial charge in [-0.3, -0.25) is 9.59 Å². The van der Waals surface area contributed by atoms with Gasteiger partial charge >= 0.3 is 0 Å². The van der Waals surface area contributed by atoms with Crippen LogP contribution >= 0.6 is 23.2 Å². The highest BCUT2D eigenvalue weighted by molar-refractivity contribution is 6.30. The molecule has 194 valence electrons. The van der Waals surface area contributed by atoms with Crippen LogP contribution in [0.4, 0.5) is 0 Å². The van der Waals surface area contributed by atoms with E-state index < -0.39 is 6.04 Å². The molecule has 0 bridgehead atoms. The van der Waals surface area contributed by atoms with Crippen LogP contribution in [-0.4, -0.2) is 22.8 Å². The lowest BCUT2D eigenvalue weighted by molar-refractivity contribution is -0.141. The number of rotatable bonds is 11. The largest absolute Gasteiger partial charge is 0.350 e. The zero-order valence-electron chi connectivity index (χ0n) is 21.0. The number of carbonyl (C=O) groups excluding carboxylic acids is 2. The van der Waals surface area contributed by atoms with Crippen LogP contribution in [0.2, 0.25) is 10.0 Å². The molecule has 1 N–H and O–H groups in total. The predicted octanol–water partition coefficient (Wildman–Crippen LogP) is 6.88. The van der Waals surface area contributed by atoms with Crippen LogP contribution in [0.15, 0.2) is 109 Å². The smallest absolute Gasteiger partial charge is 0.243 e. The Hall–Kier alpha value is -3.60. The third-order valence-electron chi connectivity index (χ3n) is 6.39. The third kappa shape index (κ3) is 8.20. The van der Waals surface area contributed by atoms with Crippen molar-refractivity contribution < 1.29 is 9.59 Å². The lowest BCUT2D eigenvalue weighted by Gasteiger charge is -2.32. The summed E-state index contributed by atoms with van der Waals surface area (Å²) in [5, 5.41) is 4.31. The maximum absolute atomic E-state index is 13.7. The van der Waals surface area contributed by atoms with Gasteiger partial charge in [0.15, 0.2) is 0 Å². The standard InChI is InChI=1S/C32H30Cl2N2O2/c33-28-16-11-26(12-17-28)22-35-32(38)30(21-25-9-5-2-6-10-25)36(23-27-13-18-29(34)19-14-27)31(37)20-15-24-7-3-1-4-8-24/h1-14,16-19,30H,15,20-23H2,(H,35,38)/t30-/m0/s1. The number of hydrogen-bond donors (Lipinski definition) is 1. The topological polar surface area (TPSA) is 49.4 Å². The monoisotopic (exact) mass is 544 g/mol. The molecule has 0 aromatic heterocycles. The van der Waals surface area contributed by atoms with E-state index in [4.69, 9.17) is 23.2 Å². The number of halogens is 2. The Morgan fingerprint density at radius 1 is 0.658 bits per heavy atom. The Balaban J connectivity index is 1.60. The lowest BCUT2D eigenvalue weighted by atomic mass is 10.0. The van der Waals surface area contributed by atoms with Gasteiger partial charge in [-0.15, -0.1) is 0 Å². The van der Waals surface area contributed by atoms with Crippen LogP contribution in [0.5, 0.6) is 0 Å². The molecule has 0 aliphatic rings. The number of benzene rings is 4. The SMILES string of the molecule is O=C(NCc1ccc(Cl)cc1)[C@H](Cc1ccccc1)N(Cc1ccc(Cl)cc1)C(=O)CCc1ccccc1. The number of nitrogens with one attached hydrogen (secondary N) is 1. The molecule has 0 radical (unpaired) electrons. The van der Waals surface area contributed by atoms with Gasteiger partial charge in [-0.05, 0) is 52.9 Å². The summed E-state index contributed by atoms with van der Waals surface area (Å²) >= 11 is 12.1. The summed E-state index contributed by atoms with van der Waals surface area (Å²) in [6, 6.07) is 33.8. The normalized spacial score (nSPS) is 11.5. The van der Waals surface area contributed by atoms with E-state index in [1.165, 1.54) is 0 Å². The van der Waals surface area contributed by atoms with Gasteiger partial charge < -0.3 is 10.2 Å². The van der Waals surface area contributed by atoms with E-state index in [1.54, 1.807) is 29.2 Å². The maximum atomic E-state index is 13.7. The Morgan fingerprint density at radius 3 is 1.76 bits per heavy atom. The van der Waals surface area contributed by atoms with Gasteiger partial charge in [-0.2, -0.15) is 0 Å². The Morgan fingerprint density at radius 2 is 1.18 bits per heavy atom. The van der Waals surface area contributed by atoms with Gasteiger partial charge in [-0.1, -0.05) is 108 Å².